The first-order valence-electron chi connectivity index (χ1n) is 6.45. The van der Waals surface area contributed by atoms with Gasteiger partial charge in [-0.3, -0.25) is 4.40 Å². The Labute approximate surface area is 117 Å². The average molecular weight is 283 g/mol. The van der Waals surface area contributed by atoms with E-state index < -0.39 is 0 Å². The molecule has 2 aromatic heterocycles. The first-order chi connectivity index (χ1) is 8.69. The Morgan fingerprint density at radius 2 is 2.33 bits per heavy atom. The van der Waals surface area contributed by atoms with Crippen LogP contribution in [0.5, 0.6) is 0 Å². The minimum Gasteiger partial charge on any atom is -0.313 e. The van der Waals surface area contributed by atoms with Crippen LogP contribution in [0.3, 0.4) is 0 Å². The molecule has 0 amide bonds. The maximum absolute atomic E-state index is 4.65. The molecule has 18 heavy (non-hydrogen) atoms. The van der Waals surface area contributed by atoms with Crippen LogP contribution in [0.2, 0.25) is 0 Å². The Morgan fingerprint density at radius 1 is 1.50 bits per heavy atom. The van der Waals surface area contributed by atoms with Gasteiger partial charge in [0.05, 0.1) is 5.69 Å². The molecule has 1 atom stereocenters. The largest absolute Gasteiger partial charge is 0.313 e. The SMILES string of the molecule is CCNC(CSC(C)C)Cc1cn2ccsc2n1. The Balaban J connectivity index is 1.96. The van der Waals surface area contributed by atoms with Crippen molar-refractivity contribution in [2.24, 2.45) is 0 Å². The van der Waals surface area contributed by atoms with Crippen molar-refractivity contribution in [3.8, 4) is 0 Å². The summed E-state index contributed by atoms with van der Waals surface area (Å²) in [5.41, 5.74) is 1.19. The molecular formula is C13H21N3S2. The van der Waals surface area contributed by atoms with E-state index in [1.807, 2.05) is 11.8 Å². The summed E-state index contributed by atoms with van der Waals surface area (Å²) >= 11 is 3.71. The molecule has 0 aliphatic heterocycles. The summed E-state index contributed by atoms with van der Waals surface area (Å²) in [6.45, 7) is 7.69. The predicted molar refractivity (Wildman–Crippen MR) is 81.8 cm³/mol. The molecule has 100 valence electrons. The van der Waals surface area contributed by atoms with Gasteiger partial charge in [0, 0.05) is 36.0 Å². The number of thioether (sulfide) groups is 1. The van der Waals surface area contributed by atoms with E-state index in [0.29, 0.717) is 11.3 Å². The molecule has 0 aromatic carbocycles. The van der Waals surface area contributed by atoms with E-state index in [-0.39, 0.29) is 0 Å². The average Bonchev–Trinajstić information content (AvgIpc) is 2.86. The maximum atomic E-state index is 4.65. The highest BCUT2D eigenvalue weighted by Crippen LogP contribution is 2.16. The van der Waals surface area contributed by atoms with Crippen LogP contribution in [0, 0.1) is 0 Å². The Bertz CT molecular complexity index is 447. The molecule has 2 rings (SSSR count). The third kappa shape index (κ3) is 3.73. The molecule has 0 bridgehead atoms. The third-order valence-corrected chi connectivity index (χ3v) is 4.75. The molecule has 0 aliphatic rings. The fourth-order valence-electron chi connectivity index (χ4n) is 1.91. The molecule has 1 unspecified atom stereocenters. The van der Waals surface area contributed by atoms with E-state index in [2.05, 4.69) is 53.2 Å². The number of hydrogen-bond donors (Lipinski definition) is 1. The van der Waals surface area contributed by atoms with Crippen molar-refractivity contribution >= 4 is 28.1 Å². The Hall–Kier alpha value is -0.520. The standard InChI is InChI=1S/C13H21N3S2/c1-4-14-12(9-18-10(2)3)7-11-8-16-5-6-17-13(16)15-11/h5-6,8,10,12,14H,4,7,9H2,1-3H3. The zero-order valence-corrected chi connectivity index (χ0v) is 12.9. The van der Waals surface area contributed by atoms with Gasteiger partial charge in [-0.15, -0.1) is 11.3 Å². The summed E-state index contributed by atoms with van der Waals surface area (Å²) in [7, 11) is 0. The number of imidazole rings is 1. The molecule has 0 aliphatic carbocycles. The summed E-state index contributed by atoms with van der Waals surface area (Å²) in [5, 5.41) is 6.32. The zero-order chi connectivity index (χ0) is 13.0. The molecule has 0 spiro atoms. The van der Waals surface area contributed by atoms with E-state index >= 15 is 0 Å². The highest BCUT2D eigenvalue weighted by molar-refractivity contribution is 7.99. The van der Waals surface area contributed by atoms with Crippen LogP contribution in [-0.2, 0) is 6.42 Å². The molecular weight excluding hydrogens is 262 g/mol. The fraction of sp³-hybridized carbons (Fsp3) is 0.615. The summed E-state index contributed by atoms with van der Waals surface area (Å²) in [6.07, 6.45) is 5.24. The van der Waals surface area contributed by atoms with Gasteiger partial charge in [-0.05, 0) is 11.8 Å². The van der Waals surface area contributed by atoms with Gasteiger partial charge < -0.3 is 5.32 Å². The van der Waals surface area contributed by atoms with E-state index in [1.165, 1.54) is 5.69 Å². The van der Waals surface area contributed by atoms with Crippen LogP contribution in [-0.4, -0.2) is 33.0 Å². The molecule has 2 aromatic rings. The van der Waals surface area contributed by atoms with Crippen LogP contribution in [0.4, 0.5) is 0 Å². The summed E-state index contributed by atoms with van der Waals surface area (Å²) in [4.78, 5) is 5.75. The van der Waals surface area contributed by atoms with Gasteiger partial charge in [0.25, 0.3) is 0 Å². The highest BCUT2D eigenvalue weighted by Gasteiger charge is 2.12. The summed E-state index contributed by atoms with van der Waals surface area (Å²) in [6, 6.07) is 0.520. The number of rotatable bonds is 7. The third-order valence-electron chi connectivity index (χ3n) is 2.72. The summed E-state index contributed by atoms with van der Waals surface area (Å²) < 4.78 is 2.11. The zero-order valence-electron chi connectivity index (χ0n) is 11.2. The van der Waals surface area contributed by atoms with Crippen molar-refractivity contribution < 1.29 is 0 Å². The van der Waals surface area contributed by atoms with Crippen LogP contribution < -0.4 is 5.32 Å². The normalized spacial score (nSPS) is 13.6. The van der Waals surface area contributed by atoms with Crippen molar-refractivity contribution in [3.63, 3.8) is 0 Å². The first kappa shape index (κ1) is 13.9. The van der Waals surface area contributed by atoms with Crippen LogP contribution in [0.25, 0.3) is 4.96 Å². The number of likely N-dealkylation sites (N-methyl/N-ethyl adjacent to an activating group) is 1. The molecule has 1 N–H and O–H groups in total. The Morgan fingerprint density at radius 3 is 3.00 bits per heavy atom. The minimum absolute atomic E-state index is 0.520. The number of aromatic nitrogens is 2. The highest BCUT2D eigenvalue weighted by atomic mass is 32.2. The number of hydrogen-bond acceptors (Lipinski definition) is 4. The van der Waals surface area contributed by atoms with Gasteiger partial charge in [0.1, 0.15) is 0 Å². The van der Waals surface area contributed by atoms with Gasteiger partial charge in [-0.1, -0.05) is 20.8 Å². The van der Waals surface area contributed by atoms with Crippen LogP contribution in [0.15, 0.2) is 17.8 Å². The summed E-state index contributed by atoms with van der Waals surface area (Å²) in [5.74, 6) is 1.15. The predicted octanol–water partition coefficient (Wildman–Crippen LogP) is 3.06. The second-order valence-electron chi connectivity index (χ2n) is 4.67. The molecule has 2 heterocycles. The quantitative estimate of drug-likeness (QED) is 0.847. The molecule has 0 saturated carbocycles. The van der Waals surface area contributed by atoms with E-state index in [9.17, 15) is 0 Å². The molecule has 5 heteroatoms. The van der Waals surface area contributed by atoms with Crippen LogP contribution >= 0.6 is 23.1 Å². The van der Waals surface area contributed by atoms with Crippen molar-refractivity contribution in [2.75, 3.05) is 12.3 Å². The Kier molecular flexibility index (Phi) is 5.09. The number of nitrogens with one attached hydrogen (secondary N) is 1. The van der Waals surface area contributed by atoms with E-state index in [4.69, 9.17) is 0 Å². The molecule has 0 fully saturated rings. The monoisotopic (exact) mass is 283 g/mol. The number of thiazole rings is 1. The minimum atomic E-state index is 0.520. The lowest BCUT2D eigenvalue weighted by atomic mass is 10.2. The topological polar surface area (TPSA) is 29.3 Å². The lowest BCUT2D eigenvalue weighted by Crippen LogP contribution is -2.33. The number of nitrogens with zero attached hydrogens (tertiary/aromatic N) is 2. The van der Waals surface area contributed by atoms with Gasteiger partial charge in [-0.2, -0.15) is 11.8 Å². The molecule has 0 saturated heterocycles. The van der Waals surface area contributed by atoms with Gasteiger partial charge >= 0.3 is 0 Å². The number of fused-ring (bicyclic) bond motifs is 1. The van der Waals surface area contributed by atoms with Crippen molar-refractivity contribution in [3.05, 3.63) is 23.5 Å². The first-order valence-corrected chi connectivity index (χ1v) is 8.38. The van der Waals surface area contributed by atoms with E-state index in [0.717, 1.165) is 23.7 Å². The molecule has 3 nitrogen and oxygen atoms in total. The maximum Gasteiger partial charge on any atom is 0.193 e. The molecule has 0 radical (unpaired) electrons. The van der Waals surface area contributed by atoms with Gasteiger partial charge in [0.2, 0.25) is 0 Å². The van der Waals surface area contributed by atoms with Crippen molar-refractivity contribution in [2.45, 2.75) is 38.5 Å². The van der Waals surface area contributed by atoms with Crippen LogP contribution in [0.1, 0.15) is 26.5 Å². The second kappa shape index (κ2) is 6.59. The lowest BCUT2D eigenvalue weighted by molar-refractivity contribution is 0.567. The van der Waals surface area contributed by atoms with Gasteiger partial charge in [0.15, 0.2) is 4.96 Å². The van der Waals surface area contributed by atoms with Crippen molar-refractivity contribution in [1.29, 1.82) is 0 Å². The second-order valence-corrected chi connectivity index (χ2v) is 7.15. The van der Waals surface area contributed by atoms with Gasteiger partial charge in [-0.25, -0.2) is 4.98 Å². The van der Waals surface area contributed by atoms with Crippen molar-refractivity contribution in [1.82, 2.24) is 14.7 Å². The smallest absolute Gasteiger partial charge is 0.193 e. The lowest BCUT2D eigenvalue weighted by Gasteiger charge is -2.17. The van der Waals surface area contributed by atoms with E-state index in [1.54, 1.807) is 11.3 Å². The fourth-order valence-corrected chi connectivity index (χ4v) is 3.49.